The molecule has 2 heterocycles. The van der Waals surface area contributed by atoms with Gasteiger partial charge in [-0.3, -0.25) is 4.79 Å². The number of nitriles is 1. The van der Waals surface area contributed by atoms with Crippen LogP contribution in [0.1, 0.15) is 33.4 Å². The molecule has 1 aliphatic heterocycles. The van der Waals surface area contributed by atoms with Crippen LogP contribution in [0.3, 0.4) is 0 Å². The van der Waals surface area contributed by atoms with Crippen molar-refractivity contribution in [3.05, 3.63) is 53.1 Å². The first-order chi connectivity index (χ1) is 18.7. The van der Waals surface area contributed by atoms with E-state index in [9.17, 15) is 10.1 Å². The third-order valence-electron chi connectivity index (χ3n) is 6.42. The van der Waals surface area contributed by atoms with Gasteiger partial charge in [0.2, 0.25) is 5.91 Å². The summed E-state index contributed by atoms with van der Waals surface area (Å²) >= 11 is 2.71. The molecule has 0 saturated heterocycles. The van der Waals surface area contributed by atoms with Crippen molar-refractivity contribution in [2.24, 2.45) is 26.5 Å². The van der Waals surface area contributed by atoms with E-state index in [2.05, 4.69) is 50.7 Å². The number of aromatic nitrogens is 1. The third kappa shape index (κ3) is 6.27. The smallest absolute Gasteiger partial charge is 0.353 e. The van der Waals surface area contributed by atoms with E-state index in [1.54, 1.807) is 11.2 Å². The lowest BCUT2D eigenvalue weighted by atomic mass is 10.0. The molecule has 3 aromatic rings. The van der Waals surface area contributed by atoms with E-state index in [0.29, 0.717) is 11.4 Å². The average molecular weight is 599 g/mol. The summed E-state index contributed by atoms with van der Waals surface area (Å²) < 4.78 is 8.06. The summed E-state index contributed by atoms with van der Waals surface area (Å²) in [4.78, 5) is 12.8. The summed E-state index contributed by atoms with van der Waals surface area (Å²) in [5.74, 6) is -0.117. The van der Waals surface area contributed by atoms with Crippen molar-refractivity contribution in [2.75, 3.05) is 30.4 Å². The van der Waals surface area contributed by atoms with Gasteiger partial charge < -0.3 is 27.4 Å². The Hall–Kier alpha value is -3.53. The standard InChI is InChI=1S/C27H30N8O2S2.ClH/c1-7-34(8-2)20-9-12-24(25(13-20)29-19(5)36)30-31-27(23(15-28)17(3)16-38-27)32-33-35-18(4)22-11-10-21(37-6)14-26(22)39-35;/h9-14,16,23H,7-8H2,1-6H3;1H. The number of fused-ring (bicyclic) bond motifs is 1. The molecule has 40 heavy (non-hydrogen) atoms. The number of carbonyl (C=O) groups is 1. The van der Waals surface area contributed by atoms with Crippen molar-refractivity contribution in [1.82, 2.24) is 0 Å². The Morgan fingerprint density at radius 3 is 2.60 bits per heavy atom. The summed E-state index contributed by atoms with van der Waals surface area (Å²) in [7, 11) is 1.63. The minimum absolute atomic E-state index is 0. The Bertz CT molecular complexity index is 1530. The molecule has 0 radical (unpaired) electrons. The van der Waals surface area contributed by atoms with E-state index in [4.69, 9.17) is 4.74 Å². The van der Waals surface area contributed by atoms with Crippen molar-refractivity contribution < 1.29 is 26.0 Å². The number of amides is 1. The minimum Gasteiger partial charge on any atom is -1.00 e. The number of anilines is 2. The van der Waals surface area contributed by atoms with E-state index in [1.807, 2.05) is 55.7 Å². The number of hydrogen-bond acceptors (Lipinski definition) is 10. The van der Waals surface area contributed by atoms with Crippen molar-refractivity contribution in [3.63, 3.8) is 0 Å². The van der Waals surface area contributed by atoms with E-state index in [-0.39, 0.29) is 18.3 Å². The van der Waals surface area contributed by atoms with Gasteiger partial charge >= 0.3 is 4.99 Å². The molecule has 0 saturated carbocycles. The van der Waals surface area contributed by atoms with Crippen molar-refractivity contribution >= 4 is 56.3 Å². The van der Waals surface area contributed by atoms with Gasteiger partial charge in [0.1, 0.15) is 11.4 Å². The molecule has 4 rings (SSSR count). The van der Waals surface area contributed by atoms with Gasteiger partial charge in [0.05, 0.1) is 40.2 Å². The maximum absolute atomic E-state index is 12.0. The number of thioether (sulfide) groups is 1. The lowest BCUT2D eigenvalue weighted by molar-refractivity contribution is -0.623. The highest BCUT2D eigenvalue weighted by molar-refractivity contribution is 8.03. The number of rotatable bonds is 9. The fourth-order valence-electron chi connectivity index (χ4n) is 4.25. The molecule has 1 aromatic heterocycles. The number of carbonyl (C=O) groups excluding carboxylic acids is 1. The molecule has 1 aliphatic rings. The lowest BCUT2D eigenvalue weighted by Crippen LogP contribution is -3.00. The fraction of sp³-hybridized carbons (Fsp3) is 0.370. The van der Waals surface area contributed by atoms with Crippen LogP contribution in [-0.4, -0.2) is 31.1 Å². The highest BCUT2D eigenvalue weighted by atomic mass is 35.5. The summed E-state index contributed by atoms with van der Waals surface area (Å²) in [5, 5.41) is 34.0. The zero-order valence-corrected chi connectivity index (χ0v) is 25.6. The largest absolute Gasteiger partial charge is 1.00 e. The Balaban J connectivity index is 0.00000441. The number of ether oxygens (including phenoxy) is 1. The summed E-state index contributed by atoms with van der Waals surface area (Å²) in [6, 6.07) is 13.8. The number of azo groups is 1. The second kappa shape index (κ2) is 13.2. The first-order valence-electron chi connectivity index (χ1n) is 12.5. The Kier molecular flexibility index (Phi) is 10.2. The molecule has 1 N–H and O–H groups in total. The maximum Gasteiger partial charge on any atom is 0.353 e. The topological polar surface area (TPSA) is 119 Å². The normalized spacial score (nSPS) is 18.5. The fourth-order valence-corrected chi connectivity index (χ4v) is 6.27. The second-order valence-electron chi connectivity index (χ2n) is 8.96. The quantitative estimate of drug-likeness (QED) is 0.297. The molecule has 0 bridgehead atoms. The molecule has 13 heteroatoms. The molecule has 0 fully saturated rings. The Morgan fingerprint density at radius 1 is 1.20 bits per heavy atom. The summed E-state index contributed by atoms with van der Waals surface area (Å²) in [5.41, 5.74) is 3.72. The van der Waals surface area contributed by atoms with Gasteiger partial charge in [0, 0.05) is 44.1 Å². The molecule has 2 atom stereocenters. The van der Waals surface area contributed by atoms with Crippen molar-refractivity contribution in [2.45, 2.75) is 39.6 Å². The van der Waals surface area contributed by atoms with Crippen LogP contribution in [0.5, 0.6) is 5.75 Å². The van der Waals surface area contributed by atoms with E-state index < -0.39 is 10.9 Å². The number of halogens is 1. The molecule has 10 nitrogen and oxygen atoms in total. The number of hydrogen-bond donors (Lipinski definition) is 1. The highest BCUT2D eigenvalue weighted by Gasteiger charge is 2.52. The number of methoxy groups -OCH3 is 1. The number of benzene rings is 2. The molecular weight excluding hydrogens is 568 g/mol. The molecule has 0 aliphatic carbocycles. The molecule has 2 unspecified atom stereocenters. The monoisotopic (exact) mass is 598 g/mol. The van der Waals surface area contributed by atoms with E-state index in [0.717, 1.165) is 45.9 Å². The zero-order chi connectivity index (χ0) is 28.2. The third-order valence-corrected chi connectivity index (χ3v) is 8.71. The Labute approximate surface area is 248 Å². The zero-order valence-electron chi connectivity index (χ0n) is 23.2. The van der Waals surface area contributed by atoms with Crippen LogP contribution in [0.4, 0.5) is 17.1 Å². The second-order valence-corrected chi connectivity index (χ2v) is 11.0. The summed E-state index contributed by atoms with van der Waals surface area (Å²) in [6.07, 6.45) is 0. The number of nitrogens with one attached hydrogen (secondary N) is 1. The van der Waals surface area contributed by atoms with Gasteiger partial charge in [-0.2, -0.15) is 5.26 Å². The van der Waals surface area contributed by atoms with Crippen LogP contribution in [0.25, 0.3) is 10.1 Å². The molecule has 2 aromatic carbocycles. The van der Waals surface area contributed by atoms with Gasteiger partial charge in [-0.25, -0.2) is 0 Å². The van der Waals surface area contributed by atoms with Crippen LogP contribution < -0.4 is 31.4 Å². The minimum atomic E-state index is -1.31. The molecule has 210 valence electrons. The van der Waals surface area contributed by atoms with Crippen LogP contribution in [-0.2, 0) is 4.79 Å². The van der Waals surface area contributed by atoms with Crippen LogP contribution in [0.2, 0.25) is 0 Å². The highest BCUT2D eigenvalue weighted by Crippen LogP contribution is 2.48. The molecule has 1 amide bonds. The van der Waals surface area contributed by atoms with E-state index in [1.165, 1.54) is 30.2 Å². The molecule has 0 spiro atoms. The maximum atomic E-state index is 12.0. The van der Waals surface area contributed by atoms with E-state index >= 15 is 0 Å². The molecular formula is C27H31ClN8O2S2. The number of aryl methyl sites for hydroxylation is 1. The van der Waals surface area contributed by atoms with Gasteiger partial charge in [0.15, 0.2) is 16.8 Å². The van der Waals surface area contributed by atoms with Gasteiger partial charge in [0.25, 0.3) is 0 Å². The average Bonchev–Trinajstić information content (AvgIpc) is 3.42. The predicted molar refractivity (Wildman–Crippen MR) is 156 cm³/mol. The lowest BCUT2D eigenvalue weighted by Gasteiger charge is -2.22. The van der Waals surface area contributed by atoms with Crippen LogP contribution in [0.15, 0.2) is 67.9 Å². The number of nitrogens with zero attached hydrogens (tertiary/aromatic N) is 7. The first-order valence-corrected chi connectivity index (χ1v) is 14.2. The SMILES string of the molecule is CCN(CC)c1ccc(N=NC2(N=N[n+]3sc4cc(OC)ccc4c3C)SC=C(C)C2C#N)c(NC(C)=O)c1.[Cl-]. The Morgan fingerprint density at radius 2 is 1.95 bits per heavy atom. The van der Waals surface area contributed by atoms with Gasteiger partial charge in [-0.15, -0.1) is 10.2 Å². The predicted octanol–water partition coefficient (Wildman–Crippen LogP) is 3.76. The van der Waals surface area contributed by atoms with Crippen molar-refractivity contribution in [3.8, 4) is 11.8 Å². The van der Waals surface area contributed by atoms with Gasteiger partial charge in [-0.1, -0.05) is 0 Å². The van der Waals surface area contributed by atoms with Crippen LogP contribution >= 0.6 is 23.3 Å². The van der Waals surface area contributed by atoms with Crippen molar-refractivity contribution in [1.29, 1.82) is 5.26 Å². The summed E-state index contributed by atoms with van der Waals surface area (Å²) in [6.45, 7) is 11.1. The first kappa shape index (κ1) is 31.0. The van der Waals surface area contributed by atoms with Crippen LogP contribution in [0, 0.1) is 24.2 Å². The van der Waals surface area contributed by atoms with Gasteiger partial charge in [-0.05, 0) is 77.9 Å².